The lowest BCUT2D eigenvalue weighted by atomic mass is 9.95. The number of hydrogen-bond donors (Lipinski definition) is 2. The van der Waals surface area contributed by atoms with Crippen molar-refractivity contribution >= 4 is 17.7 Å². The van der Waals surface area contributed by atoms with E-state index in [1.807, 2.05) is 11.8 Å². The van der Waals surface area contributed by atoms with Crippen LogP contribution in [0.1, 0.15) is 39.5 Å². The summed E-state index contributed by atoms with van der Waals surface area (Å²) in [5, 5.41) is 7.00. The van der Waals surface area contributed by atoms with E-state index >= 15 is 0 Å². The summed E-state index contributed by atoms with van der Waals surface area (Å²) >= 11 is 1.93. The zero-order valence-electron chi connectivity index (χ0n) is 10.6. The number of thioether (sulfide) groups is 1. The van der Waals surface area contributed by atoms with Gasteiger partial charge in [0.25, 0.3) is 0 Å². The Bertz CT molecular complexity index is 221. The normalized spacial score (nSPS) is 25.8. The Kier molecular flexibility index (Phi) is 6.21. The third-order valence-corrected chi connectivity index (χ3v) is 4.09. The Balaban J connectivity index is 2.22. The molecule has 0 saturated heterocycles. The van der Waals surface area contributed by atoms with Crippen LogP contribution in [0.25, 0.3) is 0 Å². The number of rotatable bonds is 5. The van der Waals surface area contributed by atoms with Crippen LogP contribution >= 0.6 is 11.8 Å². The topological polar surface area (TPSA) is 41.1 Å². The van der Waals surface area contributed by atoms with Crippen LogP contribution in [0, 0.1) is 0 Å². The van der Waals surface area contributed by atoms with Gasteiger partial charge in [0.05, 0.1) is 6.54 Å². The molecule has 1 rings (SSSR count). The molecule has 2 atom stereocenters. The fraction of sp³-hybridized carbons (Fsp3) is 0.917. The van der Waals surface area contributed by atoms with Crippen molar-refractivity contribution in [1.29, 1.82) is 0 Å². The summed E-state index contributed by atoms with van der Waals surface area (Å²) in [7, 11) is 0. The second kappa shape index (κ2) is 7.17. The van der Waals surface area contributed by atoms with E-state index in [-0.39, 0.29) is 5.91 Å². The zero-order valence-corrected chi connectivity index (χ0v) is 11.4. The van der Waals surface area contributed by atoms with Gasteiger partial charge in [-0.1, -0.05) is 20.3 Å². The van der Waals surface area contributed by atoms with E-state index in [1.165, 1.54) is 12.8 Å². The van der Waals surface area contributed by atoms with Crippen molar-refractivity contribution in [3.05, 3.63) is 0 Å². The maximum Gasteiger partial charge on any atom is 0.234 e. The molecule has 0 aliphatic heterocycles. The number of hydrogen-bond acceptors (Lipinski definition) is 3. The molecule has 2 unspecified atom stereocenters. The van der Waals surface area contributed by atoms with Gasteiger partial charge in [-0.2, -0.15) is 11.8 Å². The minimum absolute atomic E-state index is 0.139. The molecule has 0 aromatic carbocycles. The smallest absolute Gasteiger partial charge is 0.234 e. The van der Waals surface area contributed by atoms with Crippen LogP contribution in [0.5, 0.6) is 0 Å². The molecule has 4 heteroatoms. The standard InChI is InChI=1S/C12H24N2OS/c1-9(2)13-8-12(15)14-10-5-4-6-11(7-10)16-3/h9-11,13H,4-8H2,1-3H3,(H,14,15). The van der Waals surface area contributed by atoms with Crippen LogP contribution in [0.2, 0.25) is 0 Å². The van der Waals surface area contributed by atoms with Gasteiger partial charge in [0.2, 0.25) is 5.91 Å². The van der Waals surface area contributed by atoms with Gasteiger partial charge in [-0.3, -0.25) is 4.79 Å². The fourth-order valence-corrected chi connectivity index (χ4v) is 2.89. The van der Waals surface area contributed by atoms with Crippen molar-refractivity contribution in [3.8, 4) is 0 Å². The predicted octanol–water partition coefficient (Wildman–Crippen LogP) is 1.77. The minimum atomic E-state index is 0.139. The first-order valence-corrected chi connectivity index (χ1v) is 7.46. The van der Waals surface area contributed by atoms with Crippen LogP contribution < -0.4 is 10.6 Å². The Morgan fingerprint density at radius 3 is 2.81 bits per heavy atom. The summed E-state index contributed by atoms with van der Waals surface area (Å²) in [6.07, 6.45) is 6.99. The lowest BCUT2D eigenvalue weighted by molar-refractivity contribution is -0.121. The van der Waals surface area contributed by atoms with E-state index in [2.05, 4.69) is 30.7 Å². The van der Waals surface area contributed by atoms with E-state index in [0.717, 1.165) is 18.1 Å². The molecular formula is C12H24N2OS. The van der Waals surface area contributed by atoms with Gasteiger partial charge in [-0.15, -0.1) is 0 Å². The molecule has 0 heterocycles. The van der Waals surface area contributed by atoms with Gasteiger partial charge in [-0.05, 0) is 25.5 Å². The highest BCUT2D eigenvalue weighted by Gasteiger charge is 2.22. The molecule has 0 radical (unpaired) electrons. The summed E-state index contributed by atoms with van der Waals surface area (Å²) in [5.41, 5.74) is 0. The molecule has 0 aromatic heterocycles. The highest BCUT2D eigenvalue weighted by Crippen LogP contribution is 2.26. The molecule has 0 spiro atoms. The first-order valence-electron chi connectivity index (χ1n) is 6.17. The third kappa shape index (κ3) is 5.21. The Labute approximate surface area is 103 Å². The van der Waals surface area contributed by atoms with Gasteiger partial charge in [0, 0.05) is 17.3 Å². The van der Waals surface area contributed by atoms with Gasteiger partial charge in [0.15, 0.2) is 0 Å². The molecule has 0 bridgehead atoms. The summed E-state index contributed by atoms with van der Waals surface area (Å²) in [4.78, 5) is 11.6. The molecule has 1 aliphatic rings. The number of carbonyl (C=O) groups is 1. The molecule has 1 saturated carbocycles. The monoisotopic (exact) mass is 244 g/mol. The van der Waals surface area contributed by atoms with Crippen LogP contribution in [0.15, 0.2) is 0 Å². The van der Waals surface area contributed by atoms with Crippen molar-refractivity contribution in [2.24, 2.45) is 0 Å². The van der Waals surface area contributed by atoms with Gasteiger partial charge in [-0.25, -0.2) is 0 Å². The summed E-state index contributed by atoms with van der Waals surface area (Å²) in [6.45, 7) is 4.55. The average molecular weight is 244 g/mol. The van der Waals surface area contributed by atoms with Crippen LogP contribution in [0.4, 0.5) is 0 Å². The minimum Gasteiger partial charge on any atom is -0.352 e. The molecule has 1 amide bonds. The lowest BCUT2D eigenvalue weighted by Gasteiger charge is -2.28. The van der Waals surface area contributed by atoms with Crippen molar-refractivity contribution in [2.45, 2.75) is 56.9 Å². The first kappa shape index (κ1) is 13.8. The summed E-state index contributed by atoms with van der Waals surface area (Å²) < 4.78 is 0. The molecule has 1 aliphatic carbocycles. The fourth-order valence-electron chi connectivity index (χ4n) is 2.07. The second-order valence-corrected chi connectivity index (χ2v) is 5.96. The lowest BCUT2D eigenvalue weighted by Crippen LogP contribution is -2.44. The van der Waals surface area contributed by atoms with Crippen molar-refractivity contribution in [1.82, 2.24) is 10.6 Å². The van der Waals surface area contributed by atoms with E-state index in [1.54, 1.807) is 0 Å². The molecule has 16 heavy (non-hydrogen) atoms. The Morgan fingerprint density at radius 1 is 1.44 bits per heavy atom. The van der Waals surface area contributed by atoms with Crippen molar-refractivity contribution in [2.75, 3.05) is 12.8 Å². The van der Waals surface area contributed by atoms with Crippen molar-refractivity contribution in [3.63, 3.8) is 0 Å². The predicted molar refractivity (Wildman–Crippen MR) is 70.8 cm³/mol. The van der Waals surface area contributed by atoms with Crippen LogP contribution in [-0.2, 0) is 4.79 Å². The Hall–Kier alpha value is -0.220. The van der Waals surface area contributed by atoms with E-state index < -0.39 is 0 Å². The van der Waals surface area contributed by atoms with Crippen LogP contribution in [0.3, 0.4) is 0 Å². The molecule has 94 valence electrons. The van der Waals surface area contributed by atoms with Gasteiger partial charge in [0.1, 0.15) is 0 Å². The first-order chi connectivity index (χ1) is 7.61. The van der Waals surface area contributed by atoms with E-state index in [0.29, 0.717) is 18.6 Å². The molecular weight excluding hydrogens is 220 g/mol. The van der Waals surface area contributed by atoms with Gasteiger partial charge < -0.3 is 10.6 Å². The van der Waals surface area contributed by atoms with E-state index in [9.17, 15) is 4.79 Å². The molecule has 1 fully saturated rings. The number of nitrogens with one attached hydrogen (secondary N) is 2. The van der Waals surface area contributed by atoms with E-state index in [4.69, 9.17) is 0 Å². The molecule has 2 N–H and O–H groups in total. The quantitative estimate of drug-likeness (QED) is 0.774. The SMILES string of the molecule is CSC1CCCC(NC(=O)CNC(C)C)C1. The highest BCUT2D eigenvalue weighted by atomic mass is 32.2. The number of amides is 1. The zero-order chi connectivity index (χ0) is 12.0. The maximum absolute atomic E-state index is 11.6. The van der Waals surface area contributed by atoms with Crippen molar-refractivity contribution < 1.29 is 4.79 Å². The highest BCUT2D eigenvalue weighted by molar-refractivity contribution is 7.99. The second-order valence-electron chi connectivity index (χ2n) is 4.82. The summed E-state index contributed by atoms with van der Waals surface area (Å²) in [5.74, 6) is 0.139. The van der Waals surface area contributed by atoms with Gasteiger partial charge >= 0.3 is 0 Å². The third-order valence-electron chi connectivity index (χ3n) is 3.00. The average Bonchev–Trinajstić information content (AvgIpc) is 2.26. The van der Waals surface area contributed by atoms with Crippen LogP contribution in [-0.4, -0.2) is 36.0 Å². The summed E-state index contributed by atoms with van der Waals surface area (Å²) in [6, 6.07) is 0.767. The molecule has 3 nitrogen and oxygen atoms in total. The number of carbonyl (C=O) groups excluding carboxylic acids is 1. The Morgan fingerprint density at radius 2 is 2.19 bits per heavy atom. The molecule has 0 aromatic rings. The largest absolute Gasteiger partial charge is 0.352 e. The maximum atomic E-state index is 11.6.